The summed E-state index contributed by atoms with van der Waals surface area (Å²) in [6, 6.07) is 12.8. The van der Waals surface area contributed by atoms with E-state index in [1.165, 1.54) is 21.9 Å². The van der Waals surface area contributed by atoms with Crippen LogP contribution in [-0.4, -0.2) is 0 Å². The van der Waals surface area contributed by atoms with Gasteiger partial charge in [-0.05, 0) is 35.7 Å². The number of halogens is 1. The first kappa shape index (κ1) is 12.0. The summed E-state index contributed by atoms with van der Waals surface area (Å²) < 4.78 is 0. The Morgan fingerprint density at radius 2 is 1.60 bits per heavy atom. The molecule has 2 aromatic carbocycles. The minimum Gasteiger partial charge on any atom is -0.324 e. The fourth-order valence-corrected chi connectivity index (χ4v) is 1.89. The molecule has 0 heterocycles. The molecule has 0 spiro atoms. The molecule has 80 valence electrons. The van der Waals surface area contributed by atoms with Crippen LogP contribution < -0.4 is 5.73 Å². The van der Waals surface area contributed by atoms with Crippen LogP contribution in [0.3, 0.4) is 0 Å². The molecule has 0 saturated carbocycles. The Bertz CT molecular complexity index is 463. The highest BCUT2D eigenvalue weighted by atomic mass is 35.5. The van der Waals surface area contributed by atoms with E-state index >= 15 is 0 Å². The zero-order chi connectivity index (χ0) is 10.1. The molecule has 2 rings (SSSR count). The Balaban J connectivity index is 0.00000112. The third-order valence-electron chi connectivity index (χ3n) is 2.66. The molecule has 0 bridgehead atoms. The molecule has 1 atom stereocenters. The van der Waals surface area contributed by atoms with Gasteiger partial charge in [-0.1, -0.05) is 36.4 Å². The van der Waals surface area contributed by atoms with Crippen molar-refractivity contribution >= 4 is 23.2 Å². The minimum atomic E-state index is 0. The predicted molar refractivity (Wildman–Crippen MR) is 68.5 cm³/mol. The fourth-order valence-electron chi connectivity index (χ4n) is 1.89. The lowest BCUT2D eigenvalue weighted by molar-refractivity contribution is 0.827. The van der Waals surface area contributed by atoms with E-state index in [0.29, 0.717) is 0 Å². The van der Waals surface area contributed by atoms with Crippen LogP contribution in [0.15, 0.2) is 36.4 Å². The van der Waals surface area contributed by atoms with Crippen LogP contribution in [0, 0.1) is 6.92 Å². The summed E-state index contributed by atoms with van der Waals surface area (Å²) >= 11 is 0. The Labute approximate surface area is 96.7 Å². The summed E-state index contributed by atoms with van der Waals surface area (Å²) in [4.78, 5) is 0. The third-order valence-corrected chi connectivity index (χ3v) is 2.66. The molecule has 0 radical (unpaired) electrons. The van der Waals surface area contributed by atoms with Gasteiger partial charge in [0, 0.05) is 6.04 Å². The topological polar surface area (TPSA) is 26.0 Å². The van der Waals surface area contributed by atoms with Crippen LogP contribution >= 0.6 is 12.4 Å². The van der Waals surface area contributed by atoms with Gasteiger partial charge in [-0.3, -0.25) is 0 Å². The van der Waals surface area contributed by atoms with E-state index in [1.54, 1.807) is 0 Å². The number of nitrogens with two attached hydrogens (primary N) is 1. The quantitative estimate of drug-likeness (QED) is 0.783. The SMILES string of the molecule is Cc1cccc2c([C@@H](C)N)cccc12.Cl. The van der Waals surface area contributed by atoms with Crippen molar-refractivity contribution in [1.29, 1.82) is 0 Å². The smallest absolute Gasteiger partial charge is 0.0272 e. The van der Waals surface area contributed by atoms with Crippen molar-refractivity contribution in [2.75, 3.05) is 0 Å². The summed E-state index contributed by atoms with van der Waals surface area (Å²) in [5, 5.41) is 2.59. The van der Waals surface area contributed by atoms with Gasteiger partial charge in [-0.2, -0.15) is 0 Å². The van der Waals surface area contributed by atoms with Crippen LogP contribution in [-0.2, 0) is 0 Å². The lowest BCUT2D eigenvalue weighted by Crippen LogP contribution is -2.05. The van der Waals surface area contributed by atoms with E-state index in [-0.39, 0.29) is 18.4 Å². The van der Waals surface area contributed by atoms with Crippen molar-refractivity contribution in [3.8, 4) is 0 Å². The second-order valence-electron chi connectivity index (χ2n) is 3.81. The lowest BCUT2D eigenvalue weighted by Gasteiger charge is -2.10. The van der Waals surface area contributed by atoms with E-state index in [1.807, 2.05) is 6.92 Å². The van der Waals surface area contributed by atoms with Gasteiger partial charge in [-0.15, -0.1) is 12.4 Å². The second kappa shape index (κ2) is 4.65. The summed E-state index contributed by atoms with van der Waals surface area (Å²) in [5.74, 6) is 0. The van der Waals surface area contributed by atoms with E-state index in [9.17, 15) is 0 Å². The highest BCUT2D eigenvalue weighted by Gasteiger charge is 2.05. The van der Waals surface area contributed by atoms with Gasteiger partial charge in [0.25, 0.3) is 0 Å². The standard InChI is InChI=1S/C13H15N.ClH/c1-9-5-3-8-13-11(9)6-4-7-12(13)10(2)14;/h3-8,10H,14H2,1-2H3;1H/t10-;/m1./s1. The first-order chi connectivity index (χ1) is 6.70. The summed E-state index contributed by atoms with van der Waals surface area (Å²) in [6.07, 6.45) is 0. The molecule has 0 aliphatic rings. The second-order valence-corrected chi connectivity index (χ2v) is 3.81. The van der Waals surface area contributed by atoms with E-state index in [2.05, 4.69) is 43.3 Å². The van der Waals surface area contributed by atoms with Crippen molar-refractivity contribution in [3.05, 3.63) is 47.5 Å². The third kappa shape index (κ3) is 2.14. The number of aryl methyl sites for hydroxylation is 1. The lowest BCUT2D eigenvalue weighted by atomic mass is 9.97. The number of hydrogen-bond acceptors (Lipinski definition) is 1. The van der Waals surface area contributed by atoms with Crippen molar-refractivity contribution in [2.45, 2.75) is 19.9 Å². The van der Waals surface area contributed by atoms with Gasteiger partial charge < -0.3 is 5.73 Å². The first-order valence-corrected chi connectivity index (χ1v) is 4.94. The maximum atomic E-state index is 5.93. The molecule has 0 unspecified atom stereocenters. The van der Waals surface area contributed by atoms with Gasteiger partial charge in [-0.25, -0.2) is 0 Å². The van der Waals surface area contributed by atoms with Crippen LogP contribution in [0.2, 0.25) is 0 Å². The van der Waals surface area contributed by atoms with Crippen molar-refractivity contribution in [3.63, 3.8) is 0 Å². The molecule has 2 N–H and O–H groups in total. The molecule has 1 nitrogen and oxygen atoms in total. The zero-order valence-corrected chi connectivity index (χ0v) is 9.84. The summed E-state index contributed by atoms with van der Waals surface area (Å²) in [5.41, 5.74) is 8.47. The molecule has 0 saturated heterocycles. The largest absolute Gasteiger partial charge is 0.324 e. The minimum absolute atomic E-state index is 0. The first-order valence-electron chi connectivity index (χ1n) is 4.94. The van der Waals surface area contributed by atoms with Crippen molar-refractivity contribution < 1.29 is 0 Å². The van der Waals surface area contributed by atoms with Crippen LogP contribution in [0.1, 0.15) is 24.1 Å². The number of hydrogen-bond donors (Lipinski definition) is 1. The Morgan fingerprint density at radius 3 is 2.27 bits per heavy atom. The normalized spacial score (nSPS) is 12.2. The molecular formula is C13H16ClN. The molecule has 0 amide bonds. The maximum Gasteiger partial charge on any atom is 0.0272 e. The highest BCUT2D eigenvalue weighted by Crippen LogP contribution is 2.25. The van der Waals surface area contributed by atoms with Crippen LogP contribution in [0.25, 0.3) is 10.8 Å². The van der Waals surface area contributed by atoms with E-state index in [4.69, 9.17) is 5.73 Å². The summed E-state index contributed by atoms with van der Waals surface area (Å²) in [6.45, 7) is 4.16. The van der Waals surface area contributed by atoms with Crippen LogP contribution in [0.4, 0.5) is 0 Å². The van der Waals surface area contributed by atoms with Gasteiger partial charge in [0.2, 0.25) is 0 Å². The molecule has 2 aromatic rings. The number of fused-ring (bicyclic) bond motifs is 1. The Morgan fingerprint density at radius 1 is 1.00 bits per heavy atom. The van der Waals surface area contributed by atoms with Crippen molar-refractivity contribution in [1.82, 2.24) is 0 Å². The van der Waals surface area contributed by atoms with Crippen LogP contribution in [0.5, 0.6) is 0 Å². The Kier molecular flexibility index (Phi) is 3.72. The van der Waals surface area contributed by atoms with Crippen molar-refractivity contribution in [2.24, 2.45) is 5.73 Å². The van der Waals surface area contributed by atoms with E-state index in [0.717, 1.165) is 0 Å². The van der Waals surface area contributed by atoms with Gasteiger partial charge in [0.15, 0.2) is 0 Å². The molecular weight excluding hydrogens is 206 g/mol. The molecule has 0 aromatic heterocycles. The molecule has 0 aliphatic heterocycles. The molecule has 2 heteroatoms. The fraction of sp³-hybridized carbons (Fsp3) is 0.231. The monoisotopic (exact) mass is 221 g/mol. The number of rotatable bonds is 1. The molecule has 15 heavy (non-hydrogen) atoms. The zero-order valence-electron chi connectivity index (χ0n) is 9.03. The molecule has 0 aliphatic carbocycles. The highest BCUT2D eigenvalue weighted by molar-refractivity contribution is 5.88. The van der Waals surface area contributed by atoms with Gasteiger partial charge >= 0.3 is 0 Å². The maximum absolute atomic E-state index is 5.93. The predicted octanol–water partition coefficient (Wildman–Crippen LogP) is 3.59. The average molecular weight is 222 g/mol. The van der Waals surface area contributed by atoms with Gasteiger partial charge in [0.05, 0.1) is 0 Å². The Hall–Kier alpha value is -1.05. The summed E-state index contributed by atoms with van der Waals surface area (Å²) in [7, 11) is 0. The average Bonchev–Trinajstić information content (AvgIpc) is 2.17. The van der Waals surface area contributed by atoms with Gasteiger partial charge in [0.1, 0.15) is 0 Å². The molecule has 0 fully saturated rings. The number of benzene rings is 2. The van der Waals surface area contributed by atoms with E-state index < -0.39 is 0 Å².